The predicted molar refractivity (Wildman–Crippen MR) is 138 cm³/mol. The zero-order valence-corrected chi connectivity index (χ0v) is 21.2. The van der Waals surface area contributed by atoms with Gasteiger partial charge in [-0.25, -0.2) is 23.7 Å². The Labute approximate surface area is 225 Å². The molecular weight excluding hydrogens is 535 g/mol. The number of alkyl halides is 4. The van der Waals surface area contributed by atoms with Crippen molar-refractivity contribution in [3.05, 3.63) is 60.9 Å². The van der Waals surface area contributed by atoms with Gasteiger partial charge in [-0.15, -0.1) is 0 Å². The molecule has 4 heterocycles. The first-order valence-corrected chi connectivity index (χ1v) is 12.3. The van der Waals surface area contributed by atoms with Crippen molar-refractivity contribution in [2.45, 2.75) is 31.4 Å². The number of anilines is 3. The zero-order valence-electron chi connectivity index (χ0n) is 21.2. The first-order valence-electron chi connectivity index (χ1n) is 12.3. The third-order valence-electron chi connectivity index (χ3n) is 6.27. The van der Waals surface area contributed by atoms with Gasteiger partial charge >= 0.3 is 6.18 Å². The summed E-state index contributed by atoms with van der Waals surface area (Å²) in [5, 5.41) is 6.86. The molecule has 14 heteroatoms. The van der Waals surface area contributed by atoms with E-state index in [4.69, 9.17) is 10.5 Å². The summed E-state index contributed by atoms with van der Waals surface area (Å²) < 4.78 is 73.8. The molecule has 3 N–H and O–H groups in total. The van der Waals surface area contributed by atoms with Crippen LogP contribution in [0.1, 0.15) is 6.42 Å². The van der Waals surface area contributed by atoms with Gasteiger partial charge in [-0.05, 0) is 24.6 Å². The summed E-state index contributed by atoms with van der Waals surface area (Å²) in [5.74, 6) is 0.375. The second kappa shape index (κ2) is 11.0. The van der Waals surface area contributed by atoms with E-state index in [9.17, 15) is 22.0 Å². The molecule has 1 saturated heterocycles. The van der Waals surface area contributed by atoms with Crippen LogP contribution in [0.2, 0.25) is 0 Å². The number of hydrogen-bond donors (Lipinski definition) is 2. The van der Waals surface area contributed by atoms with Crippen LogP contribution in [0.15, 0.2) is 55.1 Å². The van der Waals surface area contributed by atoms with E-state index in [1.807, 2.05) is 0 Å². The molecule has 40 heavy (non-hydrogen) atoms. The molecule has 1 fully saturated rings. The minimum absolute atomic E-state index is 0.0472. The van der Waals surface area contributed by atoms with Crippen molar-refractivity contribution in [1.29, 1.82) is 0 Å². The van der Waals surface area contributed by atoms with Crippen molar-refractivity contribution in [2.75, 3.05) is 30.4 Å². The van der Waals surface area contributed by atoms with Gasteiger partial charge in [0, 0.05) is 54.9 Å². The van der Waals surface area contributed by atoms with E-state index in [0.717, 1.165) is 4.68 Å². The Bertz CT molecular complexity index is 1480. The van der Waals surface area contributed by atoms with E-state index in [1.165, 1.54) is 44.0 Å². The van der Waals surface area contributed by atoms with Crippen molar-refractivity contribution >= 4 is 17.3 Å². The molecule has 5 rings (SSSR count). The Morgan fingerprint density at radius 3 is 2.70 bits per heavy atom. The van der Waals surface area contributed by atoms with E-state index in [0.29, 0.717) is 35.0 Å². The number of nitrogens with zero attached hydrogens (tertiary/aromatic N) is 6. The fourth-order valence-corrected chi connectivity index (χ4v) is 4.61. The molecule has 0 unspecified atom stereocenters. The molecule has 4 aromatic rings. The fraction of sp³-hybridized carbons (Fsp3) is 0.308. The Balaban J connectivity index is 1.50. The molecule has 0 radical (unpaired) electrons. The molecule has 1 aromatic carbocycles. The third-order valence-corrected chi connectivity index (χ3v) is 6.27. The highest BCUT2D eigenvalue weighted by atomic mass is 19.4. The van der Waals surface area contributed by atoms with E-state index < -0.39 is 30.8 Å². The van der Waals surface area contributed by atoms with Gasteiger partial charge < -0.3 is 20.7 Å². The molecule has 2 atom stereocenters. The normalized spacial score (nSPS) is 17.6. The maximum absolute atomic E-state index is 14.6. The number of piperidine rings is 1. The highest BCUT2D eigenvalue weighted by molar-refractivity contribution is 5.80. The summed E-state index contributed by atoms with van der Waals surface area (Å²) in [6, 6.07) is 7.12. The summed E-state index contributed by atoms with van der Waals surface area (Å²) in [7, 11) is 1.41. The first-order chi connectivity index (χ1) is 19.1. The molecular formula is C26H25F5N8O. The quantitative estimate of drug-likeness (QED) is 0.313. The number of benzene rings is 1. The lowest BCUT2D eigenvalue weighted by atomic mass is 10.0. The average Bonchev–Trinajstić information content (AvgIpc) is 3.34. The van der Waals surface area contributed by atoms with Gasteiger partial charge in [-0.2, -0.15) is 18.3 Å². The number of halogens is 5. The van der Waals surface area contributed by atoms with Crippen LogP contribution in [0.25, 0.3) is 22.5 Å². The van der Waals surface area contributed by atoms with E-state index >= 15 is 0 Å². The number of ether oxygens (including phenoxy) is 1. The van der Waals surface area contributed by atoms with Crippen molar-refractivity contribution < 1.29 is 26.7 Å². The monoisotopic (exact) mass is 560 g/mol. The number of rotatable bonds is 7. The van der Waals surface area contributed by atoms with Crippen LogP contribution in [0, 0.1) is 5.82 Å². The molecule has 0 bridgehead atoms. The van der Waals surface area contributed by atoms with Crippen LogP contribution < -0.4 is 20.7 Å². The topological polar surface area (TPSA) is 107 Å². The SMILES string of the molecule is COc1cccc(F)c1-c1nccc(Nc2cc(N3C[C@@H](N)C[C@H](F)C3)c(-c3cnn(CC(F)(F)F)c3)cn2)n1. The summed E-state index contributed by atoms with van der Waals surface area (Å²) >= 11 is 0. The molecule has 0 saturated carbocycles. The fourth-order valence-electron chi connectivity index (χ4n) is 4.61. The lowest BCUT2D eigenvalue weighted by Crippen LogP contribution is -2.48. The van der Waals surface area contributed by atoms with Crippen LogP contribution in [0.4, 0.5) is 39.3 Å². The smallest absolute Gasteiger partial charge is 0.408 e. The Kier molecular flexibility index (Phi) is 7.52. The standard InChI is InChI=1S/C26H25F5N8O/c1-40-21-4-2-3-19(28)24(21)25-33-6-5-22(37-25)36-23-8-20(38-12-16(27)7-17(32)13-38)18(10-34-23)15-9-35-39(11-15)14-26(29,30)31/h2-6,8-11,16-17H,7,12-14,32H2,1H3,(H,33,34,36,37)/t16-,17-/m0/s1. The van der Waals surface area contributed by atoms with Crippen LogP contribution >= 0.6 is 0 Å². The van der Waals surface area contributed by atoms with E-state index in [1.54, 1.807) is 23.1 Å². The zero-order chi connectivity index (χ0) is 28.4. The summed E-state index contributed by atoms with van der Waals surface area (Å²) in [6.07, 6.45) is 0.0387. The molecule has 3 aromatic heterocycles. The van der Waals surface area contributed by atoms with Crippen molar-refractivity contribution in [3.63, 3.8) is 0 Å². The Morgan fingerprint density at radius 2 is 1.95 bits per heavy atom. The Morgan fingerprint density at radius 1 is 1.12 bits per heavy atom. The van der Waals surface area contributed by atoms with E-state index in [-0.39, 0.29) is 30.1 Å². The highest BCUT2D eigenvalue weighted by Gasteiger charge is 2.30. The predicted octanol–water partition coefficient (Wildman–Crippen LogP) is 4.73. The van der Waals surface area contributed by atoms with Gasteiger partial charge in [0.2, 0.25) is 0 Å². The number of methoxy groups -OCH3 is 1. The molecule has 0 amide bonds. The molecule has 9 nitrogen and oxygen atoms in total. The first kappa shape index (κ1) is 27.2. The lowest BCUT2D eigenvalue weighted by molar-refractivity contribution is -0.142. The van der Waals surface area contributed by atoms with Gasteiger partial charge in [-0.3, -0.25) is 4.68 Å². The number of nitrogens with two attached hydrogens (primary N) is 1. The Hall–Kier alpha value is -4.33. The average molecular weight is 561 g/mol. The number of aromatic nitrogens is 5. The second-order valence-electron chi connectivity index (χ2n) is 9.33. The lowest BCUT2D eigenvalue weighted by Gasteiger charge is -2.35. The van der Waals surface area contributed by atoms with Gasteiger partial charge in [-0.1, -0.05) is 6.07 Å². The van der Waals surface area contributed by atoms with Crippen LogP contribution in [0.3, 0.4) is 0 Å². The van der Waals surface area contributed by atoms with E-state index in [2.05, 4.69) is 25.4 Å². The number of pyridine rings is 1. The van der Waals surface area contributed by atoms with Gasteiger partial charge in [0.15, 0.2) is 5.82 Å². The maximum atomic E-state index is 14.6. The second-order valence-corrected chi connectivity index (χ2v) is 9.33. The van der Waals surface area contributed by atoms with Crippen LogP contribution in [0.5, 0.6) is 5.75 Å². The van der Waals surface area contributed by atoms with Gasteiger partial charge in [0.25, 0.3) is 0 Å². The van der Waals surface area contributed by atoms with Crippen LogP contribution in [-0.2, 0) is 6.54 Å². The summed E-state index contributed by atoms with van der Waals surface area (Å²) in [5.41, 5.74) is 7.50. The summed E-state index contributed by atoms with van der Waals surface area (Å²) in [6.45, 7) is -0.872. The van der Waals surface area contributed by atoms with Gasteiger partial charge in [0.05, 0.1) is 24.6 Å². The molecule has 210 valence electrons. The molecule has 1 aliphatic heterocycles. The molecule has 1 aliphatic rings. The number of hydrogen-bond acceptors (Lipinski definition) is 8. The largest absolute Gasteiger partial charge is 0.496 e. The van der Waals surface area contributed by atoms with Gasteiger partial charge in [0.1, 0.15) is 35.9 Å². The van der Waals surface area contributed by atoms with Crippen molar-refractivity contribution in [2.24, 2.45) is 5.73 Å². The minimum atomic E-state index is -4.44. The third kappa shape index (κ3) is 6.11. The van der Waals surface area contributed by atoms with Crippen molar-refractivity contribution in [1.82, 2.24) is 24.7 Å². The minimum Gasteiger partial charge on any atom is -0.496 e. The molecule has 0 aliphatic carbocycles. The molecule has 0 spiro atoms. The highest BCUT2D eigenvalue weighted by Crippen LogP contribution is 2.35. The van der Waals surface area contributed by atoms with Crippen LogP contribution in [-0.4, -0.2) is 63.3 Å². The van der Waals surface area contributed by atoms with Crippen molar-refractivity contribution in [3.8, 4) is 28.3 Å². The number of nitrogens with one attached hydrogen (secondary N) is 1. The summed E-state index contributed by atoms with van der Waals surface area (Å²) in [4.78, 5) is 14.7. The maximum Gasteiger partial charge on any atom is 0.408 e.